The molecule has 4 heteroatoms. The SMILES string of the molecule is c1ccc(-c2ccc3cccc(-c4cccc5ccc(-c6nc(-c7ccccc7)nc(-c7cccc8oc9ccccc9c78)n6)cc45)c3c2)cc1. The largest absolute Gasteiger partial charge is 0.456 e. The number of hydrogen-bond donors (Lipinski definition) is 0. The molecule has 0 radical (unpaired) electrons. The zero-order chi connectivity index (χ0) is 33.7. The number of aromatic nitrogens is 3. The summed E-state index contributed by atoms with van der Waals surface area (Å²) >= 11 is 0. The van der Waals surface area contributed by atoms with E-state index >= 15 is 0 Å². The van der Waals surface area contributed by atoms with E-state index in [1.807, 2.05) is 60.7 Å². The fourth-order valence-corrected chi connectivity index (χ4v) is 7.27. The summed E-state index contributed by atoms with van der Waals surface area (Å²) < 4.78 is 6.24. The van der Waals surface area contributed by atoms with Gasteiger partial charge in [0.25, 0.3) is 0 Å². The minimum atomic E-state index is 0.604. The lowest BCUT2D eigenvalue weighted by Crippen LogP contribution is -2.00. The van der Waals surface area contributed by atoms with Gasteiger partial charge in [0.1, 0.15) is 11.2 Å². The summed E-state index contributed by atoms with van der Waals surface area (Å²) in [6, 6.07) is 61.2. The highest BCUT2D eigenvalue weighted by atomic mass is 16.3. The predicted molar refractivity (Wildman–Crippen MR) is 209 cm³/mol. The molecule has 51 heavy (non-hydrogen) atoms. The van der Waals surface area contributed by atoms with Crippen molar-refractivity contribution in [3.63, 3.8) is 0 Å². The summed E-state index contributed by atoms with van der Waals surface area (Å²) in [6.07, 6.45) is 0. The van der Waals surface area contributed by atoms with Crippen molar-refractivity contribution in [2.24, 2.45) is 0 Å². The molecule has 0 aliphatic carbocycles. The Balaban J connectivity index is 1.18. The third-order valence-electron chi connectivity index (χ3n) is 9.73. The Hall–Kier alpha value is -6.91. The Morgan fingerprint density at radius 1 is 0.314 bits per heavy atom. The lowest BCUT2D eigenvalue weighted by molar-refractivity contribution is 0.669. The van der Waals surface area contributed by atoms with Crippen LogP contribution in [-0.2, 0) is 0 Å². The second-order valence-corrected chi connectivity index (χ2v) is 12.8. The Labute approximate surface area is 294 Å². The van der Waals surface area contributed by atoms with Crippen LogP contribution in [-0.4, -0.2) is 15.0 Å². The van der Waals surface area contributed by atoms with Gasteiger partial charge < -0.3 is 4.42 Å². The maximum atomic E-state index is 6.24. The van der Waals surface area contributed by atoms with E-state index in [4.69, 9.17) is 19.4 Å². The van der Waals surface area contributed by atoms with E-state index < -0.39 is 0 Å². The molecule has 238 valence electrons. The van der Waals surface area contributed by atoms with E-state index in [1.54, 1.807) is 0 Å². The molecule has 0 unspecified atom stereocenters. The van der Waals surface area contributed by atoms with Crippen LogP contribution in [0.3, 0.4) is 0 Å². The minimum absolute atomic E-state index is 0.604. The highest BCUT2D eigenvalue weighted by Crippen LogP contribution is 2.39. The summed E-state index contributed by atoms with van der Waals surface area (Å²) in [4.78, 5) is 15.3. The van der Waals surface area contributed by atoms with Crippen LogP contribution < -0.4 is 0 Å². The Morgan fingerprint density at radius 3 is 1.57 bits per heavy atom. The summed E-state index contributed by atoms with van der Waals surface area (Å²) in [6.45, 7) is 0. The van der Waals surface area contributed by atoms with Gasteiger partial charge in [-0.2, -0.15) is 0 Å². The standard InChI is InChI=1S/C47H29N3O/c1-3-12-30(13-4-1)34-26-24-31-16-9-19-36(40(31)28-34)37-20-10-17-32-25-27-35(29-41(32)37)46-48-45(33-14-5-2-6-15-33)49-47(50-46)39-21-11-23-43-44(39)38-18-7-8-22-42(38)51-43/h1-29H. The van der Waals surface area contributed by atoms with Crippen LogP contribution in [0.2, 0.25) is 0 Å². The molecule has 0 atom stereocenters. The molecule has 0 aliphatic rings. The average molecular weight is 652 g/mol. The van der Waals surface area contributed by atoms with Crippen molar-refractivity contribution < 1.29 is 4.42 Å². The fourth-order valence-electron chi connectivity index (χ4n) is 7.27. The van der Waals surface area contributed by atoms with E-state index in [1.165, 1.54) is 27.5 Å². The molecule has 0 amide bonds. The van der Waals surface area contributed by atoms with Crippen LogP contribution in [0.5, 0.6) is 0 Å². The van der Waals surface area contributed by atoms with Gasteiger partial charge in [-0.05, 0) is 68.1 Å². The van der Waals surface area contributed by atoms with Crippen molar-refractivity contribution >= 4 is 43.5 Å². The highest BCUT2D eigenvalue weighted by Gasteiger charge is 2.18. The van der Waals surface area contributed by atoms with Crippen LogP contribution in [0.1, 0.15) is 0 Å². The number of furan rings is 1. The monoisotopic (exact) mass is 651 g/mol. The summed E-state index contributed by atoms with van der Waals surface area (Å²) in [5.41, 5.74) is 9.15. The van der Waals surface area contributed by atoms with Crippen LogP contribution >= 0.6 is 0 Å². The number of fused-ring (bicyclic) bond motifs is 5. The van der Waals surface area contributed by atoms with Gasteiger partial charge in [-0.15, -0.1) is 0 Å². The van der Waals surface area contributed by atoms with Crippen LogP contribution in [0, 0.1) is 0 Å². The van der Waals surface area contributed by atoms with Crippen LogP contribution in [0.15, 0.2) is 180 Å². The lowest BCUT2D eigenvalue weighted by Gasteiger charge is -2.13. The fraction of sp³-hybridized carbons (Fsp3) is 0. The van der Waals surface area contributed by atoms with Gasteiger partial charge >= 0.3 is 0 Å². The number of nitrogens with zero attached hydrogens (tertiary/aromatic N) is 3. The van der Waals surface area contributed by atoms with E-state index in [-0.39, 0.29) is 0 Å². The second-order valence-electron chi connectivity index (χ2n) is 12.8. The molecule has 10 rings (SSSR count). The van der Waals surface area contributed by atoms with Gasteiger partial charge in [-0.1, -0.05) is 152 Å². The zero-order valence-electron chi connectivity index (χ0n) is 27.5. The predicted octanol–water partition coefficient (Wildman–Crippen LogP) is 12.4. The van der Waals surface area contributed by atoms with Crippen LogP contribution in [0.4, 0.5) is 0 Å². The van der Waals surface area contributed by atoms with E-state index in [9.17, 15) is 0 Å². The third-order valence-corrected chi connectivity index (χ3v) is 9.73. The zero-order valence-corrected chi connectivity index (χ0v) is 27.5. The first-order chi connectivity index (χ1) is 25.3. The first-order valence-corrected chi connectivity index (χ1v) is 17.1. The minimum Gasteiger partial charge on any atom is -0.456 e. The smallest absolute Gasteiger partial charge is 0.164 e. The molecule has 8 aromatic carbocycles. The molecule has 0 aliphatic heterocycles. The van der Waals surface area contributed by atoms with Crippen molar-refractivity contribution in [1.29, 1.82) is 0 Å². The maximum Gasteiger partial charge on any atom is 0.164 e. The van der Waals surface area contributed by atoms with Gasteiger partial charge in [-0.3, -0.25) is 0 Å². The molecule has 0 saturated carbocycles. The summed E-state index contributed by atoms with van der Waals surface area (Å²) in [7, 11) is 0. The first kappa shape index (κ1) is 29.0. The highest BCUT2D eigenvalue weighted by molar-refractivity contribution is 6.12. The first-order valence-electron chi connectivity index (χ1n) is 17.1. The maximum absolute atomic E-state index is 6.24. The third kappa shape index (κ3) is 5.04. The van der Waals surface area contributed by atoms with Crippen LogP contribution in [0.25, 0.3) is 99.9 Å². The molecule has 0 saturated heterocycles. The Kier molecular flexibility index (Phi) is 6.78. The normalized spacial score (nSPS) is 11.5. The van der Waals surface area contributed by atoms with Gasteiger partial charge in [0.05, 0.1) is 0 Å². The van der Waals surface area contributed by atoms with Crippen molar-refractivity contribution in [3.05, 3.63) is 176 Å². The van der Waals surface area contributed by atoms with Gasteiger partial charge in [0.2, 0.25) is 0 Å². The molecular weight excluding hydrogens is 623 g/mol. The second kappa shape index (κ2) is 11.9. The summed E-state index contributed by atoms with van der Waals surface area (Å²) in [5.74, 6) is 1.84. The van der Waals surface area contributed by atoms with E-state index in [2.05, 4.69) is 115 Å². The number of benzene rings is 8. The Bertz CT molecular complexity index is 2910. The topological polar surface area (TPSA) is 51.8 Å². The van der Waals surface area contributed by atoms with Gasteiger partial charge in [-0.25, -0.2) is 15.0 Å². The van der Waals surface area contributed by atoms with E-state index in [0.717, 1.165) is 55.0 Å². The quantitative estimate of drug-likeness (QED) is 0.186. The molecule has 4 nitrogen and oxygen atoms in total. The van der Waals surface area contributed by atoms with Gasteiger partial charge in [0.15, 0.2) is 17.5 Å². The van der Waals surface area contributed by atoms with Crippen molar-refractivity contribution in [1.82, 2.24) is 15.0 Å². The molecule has 0 bridgehead atoms. The Morgan fingerprint density at radius 2 is 0.843 bits per heavy atom. The van der Waals surface area contributed by atoms with Crippen molar-refractivity contribution in [2.75, 3.05) is 0 Å². The van der Waals surface area contributed by atoms with Gasteiger partial charge in [0, 0.05) is 27.5 Å². The summed E-state index contributed by atoms with van der Waals surface area (Å²) in [5, 5.41) is 6.74. The number of para-hydroxylation sites is 1. The average Bonchev–Trinajstić information content (AvgIpc) is 3.60. The van der Waals surface area contributed by atoms with Crippen molar-refractivity contribution in [2.45, 2.75) is 0 Å². The van der Waals surface area contributed by atoms with Crippen molar-refractivity contribution in [3.8, 4) is 56.4 Å². The molecule has 0 N–H and O–H groups in total. The molecule has 0 spiro atoms. The molecule has 2 aromatic heterocycles. The molecule has 2 heterocycles. The number of hydrogen-bond acceptors (Lipinski definition) is 4. The molecule has 10 aromatic rings. The molecular formula is C47H29N3O. The lowest BCUT2D eigenvalue weighted by atomic mass is 9.91. The van der Waals surface area contributed by atoms with E-state index in [0.29, 0.717) is 17.5 Å². The number of rotatable bonds is 5. The molecule has 0 fully saturated rings.